The Hall–Kier alpha value is -2.53. The predicted molar refractivity (Wildman–Crippen MR) is 94.6 cm³/mol. The summed E-state index contributed by atoms with van der Waals surface area (Å²) in [5.74, 6) is -0.484. The molecule has 6 heteroatoms. The molecule has 0 heterocycles. The van der Waals surface area contributed by atoms with Crippen molar-refractivity contribution >= 4 is 29.1 Å². The van der Waals surface area contributed by atoms with Crippen LogP contribution in [-0.2, 0) is 10.2 Å². The minimum absolute atomic E-state index is 0.208. The molecule has 0 radical (unpaired) electrons. The van der Waals surface area contributed by atoms with Crippen LogP contribution in [0.15, 0.2) is 42.5 Å². The van der Waals surface area contributed by atoms with Crippen LogP contribution >= 0.6 is 11.6 Å². The number of ether oxygens (including phenoxy) is 1. The first kappa shape index (κ1) is 17.8. The van der Waals surface area contributed by atoms with Crippen molar-refractivity contribution in [2.45, 2.75) is 19.3 Å². The van der Waals surface area contributed by atoms with Gasteiger partial charge in [-0.1, -0.05) is 23.7 Å². The third-order valence-corrected chi connectivity index (χ3v) is 4.11. The normalized spacial score (nSPS) is 11.0. The zero-order valence-electron chi connectivity index (χ0n) is 13.7. The van der Waals surface area contributed by atoms with Gasteiger partial charge in [0.2, 0.25) is 5.91 Å². The van der Waals surface area contributed by atoms with Crippen molar-refractivity contribution in [3.05, 3.63) is 58.6 Å². The third-order valence-electron chi connectivity index (χ3n) is 3.86. The van der Waals surface area contributed by atoms with Gasteiger partial charge in [-0.25, -0.2) is 0 Å². The van der Waals surface area contributed by atoms with E-state index in [2.05, 4.69) is 5.32 Å². The monoisotopic (exact) mass is 346 g/mol. The van der Waals surface area contributed by atoms with Crippen LogP contribution in [0.2, 0.25) is 5.02 Å². The maximum absolute atomic E-state index is 12.7. The lowest BCUT2D eigenvalue weighted by Gasteiger charge is -2.24. The van der Waals surface area contributed by atoms with Crippen molar-refractivity contribution in [2.75, 3.05) is 12.4 Å². The van der Waals surface area contributed by atoms with E-state index in [1.54, 1.807) is 24.3 Å². The van der Waals surface area contributed by atoms with Gasteiger partial charge in [-0.05, 0) is 49.7 Å². The van der Waals surface area contributed by atoms with Gasteiger partial charge in [0.05, 0.1) is 18.1 Å². The van der Waals surface area contributed by atoms with E-state index in [0.717, 1.165) is 5.56 Å². The van der Waals surface area contributed by atoms with Crippen molar-refractivity contribution in [3.63, 3.8) is 0 Å². The molecule has 3 N–H and O–H groups in total. The van der Waals surface area contributed by atoms with Gasteiger partial charge in [0.1, 0.15) is 5.75 Å². The number of rotatable bonds is 5. The minimum atomic E-state index is -0.780. The summed E-state index contributed by atoms with van der Waals surface area (Å²) in [6.45, 7) is 3.62. The summed E-state index contributed by atoms with van der Waals surface area (Å²) in [5, 5.41) is 3.41. The highest BCUT2D eigenvalue weighted by atomic mass is 35.5. The second-order valence-corrected chi connectivity index (χ2v) is 6.30. The Labute approximate surface area is 145 Å². The number of carbonyl (C=O) groups is 2. The highest BCUT2D eigenvalue weighted by Gasteiger charge is 2.30. The molecule has 0 fully saturated rings. The first-order valence-electron chi connectivity index (χ1n) is 7.31. The number of methoxy groups -OCH3 is 1. The van der Waals surface area contributed by atoms with Crippen LogP contribution in [0.25, 0.3) is 0 Å². The van der Waals surface area contributed by atoms with E-state index < -0.39 is 11.3 Å². The van der Waals surface area contributed by atoms with Crippen LogP contribution < -0.4 is 15.8 Å². The van der Waals surface area contributed by atoms with Gasteiger partial charge < -0.3 is 15.8 Å². The Balaban J connectivity index is 2.27. The lowest BCUT2D eigenvalue weighted by molar-refractivity contribution is -0.120. The zero-order chi connectivity index (χ0) is 17.9. The van der Waals surface area contributed by atoms with Crippen LogP contribution in [-0.4, -0.2) is 18.9 Å². The number of nitrogens with one attached hydrogen (secondary N) is 1. The van der Waals surface area contributed by atoms with E-state index in [0.29, 0.717) is 16.5 Å². The zero-order valence-corrected chi connectivity index (χ0v) is 14.5. The van der Waals surface area contributed by atoms with Gasteiger partial charge in [0.15, 0.2) is 0 Å². The Morgan fingerprint density at radius 2 is 1.75 bits per heavy atom. The van der Waals surface area contributed by atoms with E-state index in [1.165, 1.54) is 13.2 Å². The Morgan fingerprint density at radius 1 is 1.12 bits per heavy atom. The van der Waals surface area contributed by atoms with Gasteiger partial charge in [-0.3, -0.25) is 9.59 Å². The molecule has 0 atom stereocenters. The van der Waals surface area contributed by atoms with Crippen molar-refractivity contribution in [2.24, 2.45) is 5.73 Å². The Bertz CT molecular complexity index is 770. The summed E-state index contributed by atoms with van der Waals surface area (Å²) in [5.41, 5.74) is 6.06. The van der Waals surface area contributed by atoms with Crippen molar-refractivity contribution in [3.8, 4) is 5.75 Å². The van der Waals surface area contributed by atoms with E-state index >= 15 is 0 Å². The fraction of sp³-hybridized carbons (Fsp3) is 0.222. The number of benzene rings is 2. The molecular weight excluding hydrogens is 328 g/mol. The quantitative estimate of drug-likeness (QED) is 0.870. The van der Waals surface area contributed by atoms with Gasteiger partial charge >= 0.3 is 0 Å². The lowest BCUT2D eigenvalue weighted by Crippen LogP contribution is -2.34. The predicted octanol–water partition coefficient (Wildman–Crippen LogP) is 3.36. The van der Waals surface area contributed by atoms with Gasteiger partial charge in [0.25, 0.3) is 5.91 Å². The topological polar surface area (TPSA) is 81.4 Å². The third kappa shape index (κ3) is 3.68. The molecule has 0 saturated heterocycles. The molecule has 0 unspecified atom stereocenters. The lowest BCUT2D eigenvalue weighted by atomic mass is 9.83. The molecule has 2 amide bonds. The molecule has 126 valence electrons. The second kappa shape index (κ2) is 6.93. The smallest absolute Gasteiger partial charge is 0.252 e. The summed E-state index contributed by atoms with van der Waals surface area (Å²) in [7, 11) is 1.45. The van der Waals surface area contributed by atoms with Crippen LogP contribution in [0.3, 0.4) is 0 Å². The summed E-state index contributed by atoms with van der Waals surface area (Å²) in [4.78, 5) is 24.1. The van der Waals surface area contributed by atoms with Crippen LogP contribution in [0, 0.1) is 0 Å². The largest absolute Gasteiger partial charge is 0.496 e. The summed E-state index contributed by atoms with van der Waals surface area (Å²) in [6.07, 6.45) is 0. The van der Waals surface area contributed by atoms with Crippen LogP contribution in [0.1, 0.15) is 29.8 Å². The van der Waals surface area contributed by atoms with Gasteiger partial charge in [-0.2, -0.15) is 0 Å². The van der Waals surface area contributed by atoms with Crippen molar-refractivity contribution in [1.29, 1.82) is 0 Å². The molecule has 0 aliphatic carbocycles. The maximum Gasteiger partial charge on any atom is 0.252 e. The number of hydrogen-bond acceptors (Lipinski definition) is 3. The molecule has 0 bridgehead atoms. The van der Waals surface area contributed by atoms with Crippen molar-refractivity contribution < 1.29 is 14.3 Å². The van der Waals surface area contributed by atoms with Gasteiger partial charge in [0, 0.05) is 10.7 Å². The number of nitrogens with two attached hydrogens (primary N) is 1. The highest BCUT2D eigenvalue weighted by Crippen LogP contribution is 2.28. The fourth-order valence-corrected chi connectivity index (χ4v) is 2.39. The van der Waals surface area contributed by atoms with Crippen LogP contribution in [0.4, 0.5) is 5.69 Å². The molecule has 2 rings (SSSR count). The van der Waals surface area contributed by atoms with E-state index in [1.807, 2.05) is 26.0 Å². The summed E-state index contributed by atoms with van der Waals surface area (Å²) >= 11 is 5.89. The molecule has 0 aliphatic rings. The molecule has 0 spiro atoms. The summed E-state index contributed by atoms with van der Waals surface area (Å²) < 4.78 is 5.09. The first-order valence-corrected chi connectivity index (χ1v) is 7.69. The molecule has 0 saturated carbocycles. The van der Waals surface area contributed by atoms with Gasteiger partial charge in [-0.15, -0.1) is 0 Å². The SMILES string of the molecule is COc1ccc(NC(=O)C(C)(C)c2ccc(Cl)cc2)cc1C(N)=O. The fourth-order valence-electron chi connectivity index (χ4n) is 2.26. The minimum Gasteiger partial charge on any atom is -0.496 e. The Kier molecular flexibility index (Phi) is 5.14. The molecule has 2 aromatic carbocycles. The van der Waals surface area contributed by atoms with E-state index in [-0.39, 0.29) is 11.5 Å². The standard InChI is InChI=1S/C18H19ClN2O3/c1-18(2,11-4-6-12(19)7-5-11)17(23)21-13-8-9-15(24-3)14(10-13)16(20)22/h4-10H,1-3H3,(H2,20,22)(H,21,23). The molecule has 5 nitrogen and oxygen atoms in total. The molecule has 24 heavy (non-hydrogen) atoms. The molecule has 0 aromatic heterocycles. The highest BCUT2D eigenvalue weighted by molar-refractivity contribution is 6.30. The average molecular weight is 347 g/mol. The first-order chi connectivity index (χ1) is 11.3. The van der Waals surface area contributed by atoms with Crippen molar-refractivity contribution in [1.82, 2.24) is 0 Å². The van der Waals surface area contributed by atoms with E-state index in [9.17, 15) is 9.59 Å². The number of primary amides is 1. The average Bonchev–Trinajstić information content (AvgIpc) is 2.55. The number of halogens is 1. The maximum atomic E-state index is 12.7. The number of hydrogen-bond donors (Lipinski definition) is 2. The number of anilines is 1. The second-order valence-electron chi connectivity index (χ2n) is 5.87. The molecule has 0 aliphatic heterocycles. The molecular formula is C18H19ClN2O3. The number of amides is 2. The Morgan fingerprint density at radius 3 is 2.29 bits per heavy atom. The summed E-state index contributed by atoms with van der Waals surface area (Å²) in [6, 6.07) is 11.8. The van der Waals surface area contributed by atoms with Crippen LogP contribution in [0.5, 0.6) is 5.75 Å². The van der Waals surface area contributed by atoms with E-state index in [4.69, 9.17) is 22.1 Å². The number of carbonyl (C=O) groups excluding carboxylic acids is 2. The molecule has 2 aromatic rings.